The van der Waals surface area contributed by atoms with Gasteiger partial charge in [0, 0.05) is 12.1 Å². The molecule has 3 rings (SSSR count). The zero-order chi connectivity index (χ0) is 26.2. The van der Waals surface area contributed by atoms with Gasteiger partial charge in [0.1, 0.15) is 11.5 Å². The number of benzene rings is 2. The number of hydrogen-bond donors (Lipinski definition) is 2. The maximum Gasteiger partial charge on any atom is 0.295 e. The summed E-state index contributed by atoms with van der Waals surface area (Å²) in [5, 5.41) is 21.4. The van der Waals surface area contributed by atoms with Crippen LogP contribution in [0, 0.1) is 0 Å². The first-order chi connectivity index (χ1) is 17.4. The van der Waals surface area contributed by atoms with Gasteiger partial charge in [0.25, 0.3) is 11.7 Å². The quantitative estimate of drug-likeness (QED) is 0.256. The summed E-state index contributed by atoms with van der Waals surface area (Å²) in [6.45, 7) is 9.58. The Kier molecular flexibility index (Phi) is 9.36. The van der Waals surface area contributed by atoms with Gasteiger partial charge in [-0.1, -0.05) is 39.0 Å². The van der Waals surface area contributed by atoms with Gasteiger partial charge in [-0.3, -0.25) is 9.59 Å². The number of methoxy groups -OCH3 is 1. The number of hydrogen-bond acceptors (Lipinski definition) is 7. The zero-order valence-corrected chi connectivity index (χ0v) is 21.5. The zero-order valence-electron chi connectivity index (χ0n) is 21.5. The van der Waals surface area contributed by atoms with Crippen LogP contribution >= 0.6 is 0 Å². The lowest BCUT2D eigenvalue weighted by Crippen LogP contribution is -2.33. The van der Waals surface area contributed by atoms with Crippen molar-refractivity contribution in [2.24, 2.45) is 0 Å². The molecule has 1 fully saturated rings. The van der Waals surface area contributed by atoms with Crippen molar-refractivity contribution >= 4 is 17.4 Å². The summed E-state index contributed by atoms with van der Waals surface area (Å²) in [5.41, 5.74) is 0.954. The van der Waals surface area contributed by atoms with Gasteiger partial charge >= 0.3 is 0 Å². The monoisotopic (exact) mass is 496 g/mol. The SMILES string of the molecule is CCCOc1cccc(/C(O)=C2\C(=O)C(=O)N(CCCN(CC)CC)C2c2ccc(O)c(OC)c2)c1. The van der Waals surface area contributed by atoms with Crippen LogP contribution in [0.3, 0.4) is 0 Å². The minimum Gasteiger partial charge on any atom is -0.507 e. The van der Waals surface area contributed by atoms with Crippen molar-refractivity contribution in [1.29, 1.82) is 0 Å². The first-order valence-corrected chi connectivity index (χ1v) is 12.5. The average Bonchev–Trinajstić information content (AvgIpc) is 3.15. The molecule has 1 unspecified atom stereocenters. The van der Waals surface area contributed by atoms with Gasteiger partial charge in [-0.05, 0) is 62.3 Å². The number of Topliss-reactive ketones (excluding diaryl/α,β-unsaturated/α-hetero) is 1. The Morgan fingerprint density at radius 2 is 1.83 bits per heavy atom. The number of carbonyl (C=O) groups is 2. The van der Waals surface area contributed by atoms with Crippen molar-refractivity contribution in [2.75, 3.05) is 39.9 Å². The summed E-state index contributed by atoms with van der Waals surface area (Å²) in [4.78, 5) is 30.2. The van der Waals surface area contributed by atoms with Crippen LogP contribution in [-0.4, -0.2) is 71.6 Å². The predicted octanol–water partition coefficient (Wildman–Crippen LogP) is 4.34. The molecule has 1 amide bonds. The second-order valence-electron chi connectivity index (χ2n) is 8.68. The van der Waals surface area contributed by atoms with E-state index in [1.165, 1.54) is 18.1 Å². The maximum atomic E-state index is 13.3. The Morgan fingerprint density at radius 3 is 2.50 bits per heavy atom. The summed E-state index contributed by atoms with van der Waals surface area (Å²) >= 11 is 0. The van der Waals surface area contributed by atoms with E-state index in [-0.39, 0.29) is 22.8 Å². The summed E-state index contributed by atoms with van der Waals surface area (Å²) in [6.07, 6.45) is 1.50. The molecule has 2 aromatic carbocycles. The molecule has 0 aliphatic carbocycles. The fraction of sp³-hybridized carbons (Fsp3) is 0.429. The molecule has 1 heterocycles. The number of aliphatic hydroxyl groups is 1. The number of phenols is 1. The number of rotatable bonds is 12. The normalized spacial score (nSPS) is 17.1. The molecule has 0 bridgehead atoms. The predicted molar refractivity (Wildman–Crippen MR) is 138 cm³/mol. The molecule has 2 N–H and O–H groups in total. The van der Waals surface area contributed by atoms with Gasteiger partial charge in [0.15, 0.2) is 11.5 Å². The molecule has 8 nitrogen and oxygen atoms in total. The lowest BCUT2D eigenvalue weighted by molar-refractivity contribution is -0.140. The largest absolute Gasteiger partial charge is 0.507 e. The number of ketones is 1. The molecular formula is C28H36N2O6. The first-order valence-electron chi connectivity index (χ1n) is 12.5. The summed E-state index contributed by atoms with van der Waals surface area (Å²) in [7, 11) is 1.43. The molecule has 0 aromatic heterocycles. The standard InChI is InChI=1S/C28H36N2O6/c1-5-16-36-21-11-8-10-20(17-21)26(32)24-25(19-12-13-22(31)23(18-19)35-4)30(28(34)27(24)33)15-9-14-29(6-2)7-3/h8,10-13,17-18,25,31-32H,5-7,9,14-16H2,1-4H3/b26-24+. The van der Waals surface area contributed by atoms with Crippen LogP contribution in [0.25, 0.3) is 5.76 Å². The summed E-state index contributed by atoms with van der Waals surface area (Å²) in [6, 6.07) is 10.7. The molecule has 1 atom stereocenters. The van der Waals surface area contributed by atoms with Crippen LogP contribution in [0.1, 0.15) is 50.8 Å². The smallest absolute Gasteiger partial charge is 0.295 e. The number of likely N-dealkylation sites (tertiary alicyclic amines) is 1. The van der Waals surface area contributed by atoms with E-state index < -0.39 is 17.7 Å². The summed E-state index contributed by atoms with van der Waals surface area (Å²) in [5.74, 6) is -0.939. The maximum absolute atomic E-state index is 13.3. The van der Waals surface area contributed by atoms with Crippen molar-refractivity contribution in [2.45, 2.75) is 39.7 Å². The van der Waals surface area contributed by atoms with Crippen LogP contribution in [0.2, 0.25) is 0 Å². The minimum absolute atomic E-state index is 0.00298. The molecule has 1 aliphatic rings. The van der Waals surface area contributed by atoms with Crippen LogP contribution in [0.4, 0.5) is 0 Å². The molecule has 194 valence electrons. The van der Waals surface area contributed by atoms with Crippen LogP contribution < -0.4 is 9.47 Å². The Balaban J connectivity index is 2.07. The van der Waals surface area contributed by atoms with E-state index in [2.05, 4.69) is 18.7 Å². The van der Waals surface area contributed by atoms with Gasteiger partial charge in [0.2, 0.25) is 0 Å². The molecule has 1 aliphatic heterocycles. The molecular weight excluding hydrogens is 460 g/mol. The number of amides is 1. The van der Waals surface area contributed by atoms with E-state index in [0.29, 0.717) is 36.4 Å². The number of aliphatic hydroxyl groups excluding tert-OH is 1. The molecule has 0 saturated carbocycles. The van der Waals surface area contributed by atoms with E-state index in [9.17, 15) is 19.8 Å². The fourth-order valence-corrected chi connectivity index (χ4v) is 4.43. The average molecular weight is 497 g/mol. The minimum atomic E-state index is -0.823. The van der Waals surface area contributed by atoms with Crippen molar-refractivity contribution in [3.63, 3.8) is 0 Å². The van der Waals surface area contributed by atoms with E-state index in [1.807, 2.05) is 6.92 Å². The van der Waals surface area contributed by atoms with Crippen molar-refractivity contribution in [3.05, 3.63) is 59.2 Å². The fourth-order valence-electron chi connectivity index (χ4n) is 4.43. The van der Waals surface area contributed by atoms with Crippen LogP contribution in [0.15, 0.2) is 48.0 Å². The van der Waals surface area contributed by atoms with Gasteiger partial charge in [0.05, 0.1) is 25.3 Å². The van der Waals surface area contributed by atoms with Crippen molar-refractivity contribution in [1.82, 2.24) is 9.80 Å². The Bertz CT molecular complexity index is 1110. The van der Waals surface area contributed by atoms with Crippen LogP contribution in [0.5, 0.6) is 17.2 Å². The Labute approximate surface area is 212 Å². The molecule has 36 heavy (non-hydrogen) atoms. The van der Waals surface area contributed by atoms with E-state index >= 15 is 0 Å². The van der Waals surface area contributed by atoms with Gasteiger partial charge in [-0.15, -0.1) is 0 Å². The second-order valence-corrected chi connectivity index (χ2v) is 8.68. The lowest BCUT2D eigenvalue weighted by Gasteiger charge is -2.27. The Hall–Kier alpha value is -3.52. The topological polar surface area (TPSA) is 99.5 Å². The van der Waals surface area contributed by atoms with Crippen LogP contribution in [-0.2, 0) is 9.59 Å². The third-order valence-electron chi connectivity index (χ3n) is 6.41. The van der Waals surface area contributed by atoms with Gasteiger partial charge in [-0.2, -0.15) is 0 Å². The molecule has 1 saturated heterocycles. The number of carbonyl (C=O) groups excluding carboxylic acids is 2. The van der Waals surface area contributed by atoms with Gasteiger partial charge < -0.3 is 29.5 Å². The number of ether oxygens (including phenoxy) is 2. The lowest BCUT2D eigenvalue weighted by atomic mass is 9.95. The number of nitrogens with zero attached hydrogens (tertiary/aromatic N) is 2. The highest BCUT2D eigenvalue weighted by Gasteiger charge is 2.46. The van der Waals surface area contributed by atoms with Crippen molar-refractivity contribution < 1.29 is 29.3 Å². The third kappa shape index (κ3) is 5.82. The third-order valence-corrected chi connectivity index (χ3v) is 6.41. The highest BCUT2D eigenvalue weighted by Crippen LogP contribution is 2.42. The van der Waals surface area contributed by atoms with E-state index in [0.717, 1.165) is 26.1 Å². The first kappa shape index (κ1) is 27.1. The molecule has 0 spiro atoms. The number of phenolic OH excluding ortho intramolecular Hbond substituents is 1. The summed E-state index contributed by atoms with van der Waals surface area (Å²) < 4.78 is 11.0. The second kappa shape index (κ2) is 12.4. The number of aromatic hydroxyl groups is 1. The van der Waals surface area contributed by atoms with E-state index in [4.69, 9.17) is 9.47 Å². The van der Waals surface area contributed by atoms with Gasteiger partial charge in [-0.25, -0.2) is 0 Å². The molecule has 8 heteroatoms. The molecule has 2 aromatic rings. The highest BCUT2D eigenvalue weighted by atomic mass is 16.5. The molecule has 0 radical (unpaired) electrons. The van der Waals surface area contributed by atoms with Crippen molar-refractivity contribution in [3.8, 4) is 17.2 Å². The highest BCUT2D eigenvalue weighted by molar-refractivity contribution is 6.46. The Morgan fingerprint density at radius 1 is 1.08 bits per heavy atom. The van der Waals surface area contributed by atoms with E-state index in [1.54, 1.807) is 36.4 Å².